The van der Waals surface area contributed by atoms with E-state index in [1.165, 1.54) is 11.1 Å². The molecule has 4 rings (SSSR count). The van der Waals surface area contributed by atoms with Gasteiger partial charge in [-0.2, -0.15) is 0 Å². The van der Waals surface area contributed by atoms with Crippen LogP contribution in [-0.2, 0) is 13.1 Å². The molecule has 1 aromatic heterocycles. The number of nitrogens with zero attached hydrogens (tertiary/aromatic N) is 2. The first-order chi connectivity index (χ1) is 12.2. The third kappa shape index (κ3) is 3.14. The van der Waals surface area contributed by atoms with Crippen LogP contribution in [0.15, 0.2) is 54.7 Å². The van der Waals surface area contributed by atoms with Crippen LogP contribution in [0.25, 0.3) is 11.4 Å². The van der Waals surface area contributed by atoms with Gasteiger partial charge in [0, 0.05) is 30.5 Å². The number of benzene rings is 2. The van der Waals surface area contributed by atoms with Crippen molar-refractivity contribution < 1.29 is 4.79 Å². The average molecular weight is 330 g/mol. The Hall–Kier alpha value is -3.05. The second kappa shape index (κ2) is 6.45. The fourth-order valence-corrected chi connectivity index (χ4v) is 2.99. The average Bonchev–Trinajstić information content (AvgIpc) is 3.10. The van der Waals surface area contributed by atoms with Crippen LogP contribution >= 0.6 is 0 Å². The third-order valence-corrected chi connectivity index (χ3v) is 4.35. The summed E-state index contributed by atoms with van der Waals surface area (Å²) in [6.45, 7) is 3.56. The number of carbonyl (C=O) groups is 1. The predicted octanol–water partition coefficient (Wildman–Crippen LogP) is 3.31. The van der Waals surface area contributed by atoms with Gasteiger partial charge in [-0.3, -0.25) is 4.79 Å². The van der Waals surface area contributed by atoms with Crippen LogP contribution in [0.3, 0.4) is 0 Å². The normalized spacial score (nSPS) is 12.7. The highest BCUT2D eigenvalue weighted by Crippen LogP contribution is 2.21. The molecule has 2 heterocycles. The summed E-state index contributed by atoms with van der Waals surface area (Å²) in [5.41, 5.74) is 5.38. The van der Waals surface area contributed by atoms with E-state index < -0.39 is 0 Å². The van der Waals surface area contributed by atoms with Crippen LogP contribution in [0.1, 0.15) is 27.2 Å². The van der Waals surface area contributed by atoms with Crippen molar-refractivity contribution in [3.63, 3.8) is 0 Å². The lowest BCUT2D eigenvalue weighted by Crippen LogP contribution is -2.15. The topological polar surface area (TPSA) is 66.9 Å². The Kier molecular flexibility index (Phi) is 3.99. The lowest BCUT2D eigenvalue weighted by molar-refractivity contribution is 0.102. The second-order valence-corrected chi connectivity index (χ2v) is 6.10. The molecule has 2 aromatic carbocycles. The van der Waals surface area contributed by atoms with Crippen molar-refractivity contribution in [1.82, 2.24) is 15.3 Å². The van der Waals surface area contributed by atoms with Crippen LogP contribution in [0.5, 0.6) is 0 Å². The van der Waals surface area contributed by atoms with Crippen LogP contribution < -0.4 is 10.6 Å². The molecule has 0 saturated heterocycles. The summed E-state index contributed by atoms with van der Waals surface area (Å²) in [5.74, 6) is 0.432. The van der Waals surface area contributed by atoms with Crippen LogP contribution in [-0.4, -0.2) is 15.9 Å². The Balaban J connectivity index is 1.56. The number of aryl methyl sites for hydroxylation is 1. The number of aromatic nitrogens is 2. The molecule has 0 spiro atoms. The Labute approximate surface area is 146 Å². The minimum atomic E-state index is -0.192. The summed E-state index contributed by atoms with van der Waals surface area (Å²) in [7, 11) is 0. The monoisotopic (exact) mass is 330 g/mol. The van der Waals surface area contributed by atoms with Gasteiger partial charge in [-0.1, -0.05) is 36.4 Å². The number of anilines is 1. The number of rotatable bonds is 3. The Bertz CT molecular complexity index is 938. The highest BCUT2D eigenvalue weighted by atomic mass is 16.1. The molecule has 1 amide bonds. The molecule has 1 aliphatic heterocycles. The summed E-state index contributed by atoms with van der Waals surface area (Å²) in [5, 5.41) is 6.24. The van der Waals surface area contributed by atoms with E-state index in [-0.39, 0.29) is 5.91 Å². The molecule has 0 bridgehead atoms. The molecule has 5 heteroatoms. The number of amides is 1. The molecule has 1 aliphatic rings. The molecule has 0 aliphatic carbocycles. The van der Waals surface area contributed by atoms with Crippen molar-refractivity contribution in [2.75, 3.05) is 5.32 Å². The molecule has 0 unspecified atom stereocenters. The molecular weight excluding hydrogens is 312 g/mol. The lowest BCUT2D eigenvalue weighted by atomic mass is 10.1. The van der Waals surface area contributed by atoms with Gasteiger partial charge >= 0.3 is 0 Å². The third-order valence-electron chi connectivity index (χ3n) is 4.35. The molecule has 3 aromatic rings. The van der Waals surface area contributed by atoms with Gasteiger partial charge in [-0.25, -0.2) is 9.97 Å². The molecular formula is C20H18N4O. The van der Waals surface area contributed by atoms with Crippen molar-refractivity contribution in [2.24, 2.45) is 0 Å². The molecule has 0 radical (unpaired) electrons. The van der Waals surface area contributed by atoms with E-state index in [0.717, 1.165) is 24.3 Å². The Morgan fingerprint density at radius 1 is 1.08 bits per heavy atom. The largest absolute Gasteiger partial charge is 0.322 e. The van der Waals surface area contributed by atoms with E-state index in [9.17, 15) is 4.79 Å². The van der Waals surface area contributed by atoms with E-state index in [2.05, 4.69) is 20.6 Å². The highest BCUT2D eigenvalue weighted by Gasteiger charge is 2.15. The quantitative estimate of drug-likeness (QED) is 0.773. The smallest absolute Gasteiger partial charge is 0.259 e. The Morgan fingerprint density at radius 3 is 2.68 bits per heavy atom. The molecule has 124 valence electrons. The van der Waals surface area contributed by atoms with Crippen molar-refractivity contribution in [3.05, 3.63) is 77.1 Å². The summed E-state index contributed by atoms with van der Waals surface area (Å²) < 4.78 is 0. The van der Waals surface area contributed by atoms with Crippen LogP contribution in [0, 0.1) is 6.92 Å². The second-order valence-electron chi connectivity index (χ2n) is 6.10. The molecule has 0 saturated carbocycles. The summed E-state index contributed by atoms with van der Waals surface area (Å²) >= 11 is 0. The molecule has 0 atom stereocenters. The molecule has 0 fully saturated rings. The van der Waals surface area contributed by atoms with Gasteiger partial charge in [-0.15, -0.1) is 0 Å². The molecule has 2 N–H and O–H groups in total. The first-order valence-electron chi connectivity index (χ1n) is 8.23. The van der Waals surface area contributed by atoms with Crippen molar-refractivity contribution >= 4 is 11.6 Å². The zero-order valence-corrected chi connectivity index (χ0v) is 13.9. The fraction of sp³-hybridized carbons (Fsp3) is 0.150. The highest BCUT2D eigenvalue weighted by molar-refractivity contribution is 6.04. The van der Waals surface area contributed by atoms with Crippen molar-refractivity contribution in [3.8, 4) is 11.4 Å². The number of nitrogens with one attached hydrogen (secondary N) is 2. The summed E-state index contributed by atoms with van der Waals surface area (Å²) in [6.07, 6.45) is 1.59. The van der Waals surface area contributed by atoms with E-state index in [0.29, 0.717) is 17.1 Å². The maximum Gasteiger partial charge on any atom is 0.259 e. The molecule has 5 nitrogen and oxygen atoms in total. The SMILES string of the molecule is Cc1nc(-c2ccccc2)ncc1C(=O)Nc1ccc2c(c1)CNC2. The van der Waals surface area contributed by atoms with Crippen molar-refractivity contribution in [2.45, 2.75) is 20.0 Å². The zero-order valence-electron chi connectivity index (χ0n) is 13.9. The van der Waals surface area contributed by atoms with Crippen LogP contribution in [0.4, 0.5) is 5.69 Å². The minimum absolute atomic E-state index is 0.192. The van der Waals surface area contributed by atoms with Gasteiger partial charge in [0.25, 0.3) is 5.91 Å². The number of hydrogen-bond acceptors (Lipinski definition) is 4. The van der Waals surface area contributed by atoms with Gasteiger partial charge in [-0.05, 0) is 30.2 Å². The van der Waals surface area contributed by atoms with Crippen LogP contribution in [0.2, 0.25) is 0 Å². The predicted molar refractivity (Wildman–Crippen MR) is 97.1 cm³/mol. The zero-order chi connectivity index (χ0) is 17.2. The number of carbonyl (C=O) groups excluding carboxylic acids is 1. The Morgan fingerprint density at radius 2 is 1.88 bits per heavy atom. The van der Waals surface area contributed by atoms with Crippen molar-refractivity contribution in [1.29, 1.82) is 0 Å². The van der Waals surface area contributed by atoms with Gasteiger partial charge in [0.05, 0.1) is 11.3 Å². The van der Waals surface area contributed by atoms with E-state index in [4.69, 9.17) is 0 Å². The number of fused-ring (bicyclic) bond motifs is 1. The van der Waals surface area contributed by atoms with Gasteiger partial charge in [0.2, 0.25) is 0 Å². The number of hydrogen-bond donors (Lipinski definition) is 2. The van der Waals surface area contributed by atoms with E-state index in [1.807, 2.05) is 55.5 Å². The first kappa shape index (κ1) is 15.5. The van der Waals surface area contributed by atoms with E-state index in [1.54, 1.807) is 6.20 Å². The first-order valence-corrected chi connectivity index (χ1v) is 8.23. The summed E-state index contributed by atoms with van der Waals surface area (Å²) in [6, 6.07) is 15.7. The van der Waals surface area contributed by atoms with Gasteiger partial charge in [0.1, 0.15) is 0 Å². The molecule has 25 heavy (non-hydrogen) atoms. The maximum atomic E-state index is 12.6. The lowest BCUT2D eigenvalue weighted by Gasteiger charge is -2.09. The van der Waals surface area contributed by atoms with Gasteiger partial charge < -0.3 is 10.6 Å². The maximum absolute atomic E-state index is 12.6. The van der Waals surface area contributed by atoms with E-state index >= 15 is 0 Å². The van der Waals surface area contributed by atoms with Gasteiger partial charge in [0.15, 0.2) is 5.82 Å². The fourth-order valence-electron chi connectivity index (χ4n) is 2.99. The standard InChI is InChI=1S/C20H18N4O/c1-13-18(12-22-19(23-13)14-5-3-2-4-6-14)20(25)24-17-8-7-15-10-21-11-16(15)9-17/h2-9,12,21H,10-11H2,1H3,(H,24,25). The minimum Gasteiger partial charge on any atom is -0.322 e. The summed E-state index contributed by atoms with van der Waals surface area (Å²) in [4.78, 5) is 21.4.